The van der Waals surface area contributed by atoms with Crippen LogP contribution >= 0.6 is 0 Å². The number of benzene rings is 1. The monoisotopic (exact) mass is 290 g/mol. The summed E-state index contributed by atoms with van der Waals surface area (Å²) < 4.78 is 0. The van der Waals surface area contributed by atoms with Crippen LogP contribution in [0.25, 0.3) is 0 Å². The van der Waals surface area contributed by atoms with Gasteiger partial charge in [0.25, 0.3) is 0 Å². The summed E-state index contributed by atoms with van der Waals surface area (Å²) in [5.74, 6) is 0. The van der Waals surface area contributed by atoms with Gasteiger partial charge in [0.15, 0.2) is 0 Å². The molecule has 2 rings (SSSR count). The number of hydrogen-bond acceptors (Lipinski definition) is 2. The van der Waals surface area contributed by atoms with Gasteiger partial charge in [-0.25, -0.2) is 4.79 Å². The molecule has 0 aliphatic carbocycles. The molecule has 4 heteroatoms. The smallest absolute Gasteiger partial charge is 0.408 e. The quantitative estimate of drug-likeness (QED) is 0.925. The number of hydrogen-bond donors (Lipinski definition) is 1. The molecule has 0 spiro atoms. The topological polar surface area (TPSA) is 43.8 Å². The van der Waals surface area contributed by atoms with E-state index in [2.05, 4.69) is 36.1 Å². The van der Waals surface area contributed by atoms with Crippen LogP contribution in [-0.2, 0) is 0 Å². The number of likely N-dealkylation sites (tertiary alicyclic amines) is 1. The molecule has 1 aliphatic rings. The zero-order chi connectivity index (χ0) is 15.6. The predicted molar refractivity (Wildman–Crippen MR) is 84.5 cm³/mol. The van der Waals surface area contributed by atoms with Gasteiger partial charge in [-0.1, -0.05) is 30.3 Å². The van der Waals surface area contributed by atoms with Gasteiger partial charge in [-0.3, -0.25) is 9.80 Å². The average Bonchev–Trinajstić information content (AvgIpc) is 2.86. The second kappa shape index (κ2) is 6.06. The molecule has 0 aromatic heterocycles. The molecule has 0 unspecified atom stereocenters. The average molecular weight is 290 g/mol. The molecule has 1 aromatic rings. The van der Waals surface area contributed by atoms with Crippen LogP contribution in [0.3, 0.4) is 0 Å². The van der Waals surface area contributed by atoms with Crippen LogP contribution < -0.4 is 0 Å². The highest BCUT2D eigenvalue weighted by molar-refractivity contribution is 5.66. The van der Waals surface area contributed by atoms with Crippen molar-refractivity contribution in [3.63, 3.8) is 0 Å². The lowest BCUT2D eigenvalue weighted by atomic mass is 10.0. The van der Waals surface area contributed by atoms with Gasteiger partial charge in [0.2, 0.25) is 0 Å². The van der Waals surface area contributed by atoms with E-state index in [1.54, 1.807) is 4.90 Å². The lowest BCUT2D eigenvalue weighted by molar-refractivity contribution is 0.0705. The Morgan fingerprint density at radius 2 is 1.95 bits per heavy atom. The van der Waals surface area contributed by atoms with Gasteiger partial charge < -0.3 is 5.11 Å². The molecule has 0 bridgehead atoms. The Bertz CT molecular complexity index is 481. The van der Waals surface area contributed by atoms with E-state index in [4.69, 9.17) is 0 Å². The molecule has 1 fully saturated rings. The van der Waals surface area contributed by atoms with Crippen LogP contribution in [0.2, 0.25) is 0 Å². The fraction of sp³-hybridized carbons (Fsp3) is 0.588. The first kappa shape index (κ1) is 15.8. The molecule has 1 heterocycles. The Morgan fingerprint density at radius 1 is 1.33 bits per heavy atom. The number of carboxylic acid groups (broad SMARTS) is 1. The molecule has 0 saturated carbocycles. The Labute approximate surface area is 127 Å². The van der Waals surface area contributed by atoms with E-state index in [0.29, 0.717) is 6.04 Å². The van der Waals surface area contributed by atoms with Crippen molar-refractivity contribution >= 4 is 6.09 Å². The number of nitrogens with zero attached hydrogens (tertiary/aromatic N) is 2. The zero-order valence-corrected chi connectivity index (χ0v) is 13.4. The second-order valence-electron chi connectivity index (χ2n) is 6.85. The van der Waals surface area contributed by atoms with Crippen molar-refractivity contribution in [2.45, 2.75) is 51.7 Å². The summed E-state index contributed by atoms with van der Waals surface area (Å²) in [6.45, 7) is 9.83. The van der Waals surface area contributed by atoms with Crippen molar-refractivity contribution in [1.29, 1.82) is 0 Å². The lowest BCUT2D eigenvalue weighted by Gasteiger charge is -2.38. The van der Waals surface area contributed by atoms with Crippen molar-refractivity contribution in [1.82, 2.24) is 9.80 Å². The first-order valence-corrected chi connectivity index (χ1v) is 7.62. The van der Waals surface area contributed by atoms with E-state index in [9.17, 15) is 9.90 Å². The Balaban J connectivity index is 2.08. The highest BCUT2D eigenvalue weighted by Gasteiger charge is 2.38. The largest absolute Gasteiger partial charge is 0.465 e. The Hall–Kier alpha value is -1.55. The minimum absolute atomic E-state index is 0.0775. The Kier molecular flexibility index (Phi) is 4.57. The van der Waals surface area contributed by atoms with Crippen molar-refractivity contribution in [2.75, 3.05) is 13.1 Å². The standard InChI is InChI=1S/C17H26N2O2/c1-13(14-8-6-5-7-9-14)18-11-10-15(12-18)19(16(20)21)17(2,3)4/h5-9,13,15H,10-12H2,1-4H3,(H,20,21)/t13-,15-/m0/s1. The Morgan fingerprint density at radius 3 is 2.48 bits per heavy atom. The summed E-state index contributed by atoms with van der Waals surface area (Å²) in [4.78, 5) is 15.6. The number of rotatable bonds is 3. The molecular weight excluding hydrogens is 264 g/mol. The first-order valence-electron chi connectivity index (χ1n) is 7.62. The van der Waals surface area contributed by atoms with Gasteiger partial charge in [0.05, 0.1) is 0 Å². The summed E-state index contributed by atoms with van der Waals surface area (Å²) in [5.41, 5.74) is 0.929. The molecule has 21 heavy (non-hydrogen) atoms. The number of amides is 1. The van der Waals surface area contributed by atoms with Crippen molar-refractivity contribution < 1.29 is 9.90 Å². The molecule has 0 radical (unpaired) electrons. The minimum Gasteiger partial charge on any atom is -0.465 e. The van der Waals surface area contributed by atoms with Crippen LogP contribution in [0.5, 0.6) is 0 Å². The third-order valence-electron chi connectivity index (χ3n) is 4.32. The molecule has 2 atom stereocenters. The minimum atomic E-state index is -0.818. The fourth-order valence-electron chi connectivity index (χ4n) is 3.26. The first-order chi connectivity index (χ1) is 9.80. The lowest BCUT2D eigenvalue weighted by Crippen LogP contribution is -2.52. The van der Waals surface area contributed by atoms with E-state index >= 15 is 0 Å². The van der Waals surface area contributed by atoms with Gasteiger partial charge in [-0.05, 0) is 39.7 Å². The molecule has 1 saturated heterocycles. The maximum atomic E-state index is 11.6. The molecule has 1 N–H and O–H groups in total. The van der Waals surface area contributed by atoms with E-state index in [-0.39, 0.29) is 11.6 Å². The van der Waals surface area contributed by atoms with E-state index in [0.717, 1.165) is 19.5 Å². The van der Waals surface area contributed by atoms with Crippen LogP contribution in [0.4, 0.5) is 4.79 Å². The second-order valence-corrected chi connectivity index (χ2v) is 6.85. The maximum Gasteiger partial charge on any atom is 0.408 e. The fourth-order valence-corrected chi connectivity index (χ4v) is 3.26. The van der Waals surface area contributed by atoms with Gasteiger partial charge in [-0.15, -0.1) is 0 Å². The van der Waals surface area contributed by atoms with Crippen LogP contribution in [0, 0.1) is 0 Å². The summed E-state index contributed by atoms with van der Waals surface area (Å²) in [6, 6.07) is 10.8. The van der Waals surface area contributed by atoms with Crippen molar-refractivity contribution in [3.05, 3.63) is 35.9 Å². The summed E-state index contributed by atoms with van der Waals surface area (Å²) in [6.07, 6.45) is 0.0857. The molecule has 1 aliphatic heterocycles. The summed E-state index contributed by atoms with van der Waals surface area (Å²) in [7, 11) is 0. The third-order valence-corrected chi connectivity index (χ3v) is 4.32. The molecule has 116 valence electrons. The highest BCUT2D eigenvalue weighted by Crippen LogP contribution is 2.29. The predicted octanol–water partition coefficient (Wildman–Crippen LogP) is 3.60. The van der Waals surface area contributed by atoms with Gasteiger partial charge in [0, 0.05) is 30.7 Å². The molecule has 1 aromatic carbocycles. The zero-order valence-electron chi connectivity index (χ0n) is 13.4. The van der Waals surface area contributed by atoms with Gasteiger partial charge in [-0.2, -0.15) is 0 Å². The molecule has 1 amide bonds. The van der Waals surface area contributed by atoms with E-state index in [1.165, 1.54) is 5.56 Å². The van der Waals surface area contributed by atoms with Crippen LogP contribution in [0.1, 0.15) is 45.7 Å². The summed E-state index contributed by atoms with van der Waals surface area (Å²) in [5, 5.41) is 9.52. The van der Waals surface area contributed by atoms with Gasteiger partial charge in [0.1, 0.15) is 0 Å². The normalized spacial score (nSPS) is 21.2. The van der Waals surface area contributed by atoms with Gasteiger partial charge >= 0.3 is 6.09 Å². The number of carbonyl (C=O) groups is 1. The molecule has 4 nitrogen and oxygen atoms in total. The summed E-state index contributed by atoms with van der Waals surface area (Å²) >= 11 is 0. The van der Waals surface area contributed by atoms with E-state index in [1.807, 2.05) is 26.8 Å². The maximum absolute atomic E-state index is 11.6. The van der Waals surface area contributed by atoms with Crippen molar-refractivity contribution in [2.24, 2.45) is 0 Å². The van der Waals surface area contributed by atoms with Crippen LogP contribution in [0.15, 0.2) is 30.3 Å². The van der Waals surface area contributed by atoms with E-state index < -0.39 is 6.09 Å². The van der Waals surface area contributed by atoms with Crippen LogP contribution in [-0.4, -0.2) is 45.7 Å². The highest BCUT2D eigenvalue weighted by atomic mass is 16.4. The van der Waals surface area contributed by atoms with Crippen molar-refractivity contribution in [3.8, 4) is 0 Å². The molecular formula is C17H26N2O2. The third kappa shape index (κ3) is 3.56. The SMILES string of the molecule is C[C@@H](c1ccccc1)N1CC[C@H](N(C(=O)O)C(C)(C)C)C1.